The molecule has 120 valence electrons. The summed E-state index contributed by atoms with van der Waals surface area (Å²) >= 11 is 12.0. The van der Waals surface area contributed by atoms with Crippen LogP contribution in [0.25, 0.3) is 0 Å². The van der Waals surface area contributed by atoms with Crippen LogP contribution in [0.2, 0.25) is 10.0 Å². The van der Waals surface area contributed by atoms with Gasteiger partial charge < -0.3 is 9.80 Å². The van der Waals surface area contributed by atoms with Crippen LogP contribution in [0.1, 0.15) is 24.8 Å². The number of likely N-dealkylation sites (N-methyl/N-ethyl adjacent to an activating group) is 1. The molecule has 0 aliphatic carbocycles. The Labute approximate surface area is 141 Å². The summed E-state index contributed by atoms with van der Waals surface area (Å²) in [6.45, 7) is 0.650. The molecule has 1 saturated heterocycles. The van der Waals surface area contributed by atoms with Crippen molar-refractivity contribution < 1.29 is 9.59 Å². The SMILES string of the molecule is CN(C)C(=O)C1CCCN1C(=O)CCc1ccc(Cl)cc1Cl. The molecule has 1 aromatic carbocycles. The van der Waals surface area contributed by atoms with E-state index >= 15 is 0 Å². The first-order valence-electron chi connectivity index (χ1n) is 7.34. The van der Waals surface area contributed by atoms with Crippen LogP contribution >= 0.6 is 23.2 Å². The highest BCUT2D eigenvalue weighted by atomic mass is 35.5. The molecular formula is C16H20Cl2N2O2. The number of hydrogen-bond donors (Lipinski definition) is 0. The number of halogens is 2. The third-order valence-electron chi connectivity index (χ3n) is 3.92. The van der Waals surface area contributed by atoms with Gasteiger partial charge in [-0.05, 0) is 37.0 Å². The quantitative estimate of drug-likeness (QED) is 0.843. The molecule has 0 N–H and O–H groups in total. The van der Waals surface area contributed by atoms with E-state index in [0.29, 0.717) is 29.4 Å². The lowest BCUT2D eigenvalue weighted by atomic mass is 10.1. The first kappa shape index (κ1) is 17.1. The van der Waals surface area contributed by atoms with Crippen molar-refractivity contribution in [3.8, 4) is 0 Å². The number of carbonyl (C=O) groups excluding carboxylic acids is 2. The highest BCUT2D eigenvalue weighted by Gasteiger charge is 2.34. The number of carbonyl (C=O) groups is 2. The van der Waals surface area contributed by atoms with Crippen molar-refractivity contribution in [3.63, 3.8) is 0 Å². The lowest BCUT2D eigenvalue weighted by Gasteiger charge is -2.26. The minimum Gasteiger partial charge on any atom is -0.347 e. The standard InChI is InChI=1S/C16H20Cl2N2O2/c1-19(2)16(22)14-4-3-9-20(14)15(21)8-6-11-5-7-12(17)10-13(11)18/h5,7,10,14H,3-4,6,8-9H2,1-2H3. The maximum atomic E-state index is 12.4. The maximum Gasteiger partial charge on any atom is 0.244 e. The van der Waals surface area contributed by atoms with Gasteiger partial charge in [0.15, 0.2) is 0 Å². The number of likely N-dealkylation sites (tertiary alicyclic amines) is 1. The third-order valence-corrected chi connectivity index (χ3v) is 4.51. The Morgan fingerprint density at radius 3 is 2.68 bits per heavy atom. The molecule has 1 unspecified atom stereocenters. The number of benzene rings is 1. The zero-order valence-corrected chi connectivity index (χ0v) is 14.3. The molecule has 2 amide bonds. The Morgan fingerprint density at radius 1 is 1.32 bits per heavy atom. The number of amides is 2. The largest absolute Gasteiger partial charge is 0.347 e. The average Bonchev–Trinajstić information content (AvgIpc) is 2.94. The van der Waals surface area contributed by atoms with Gasteiger partial charge in [0, 0.05) is 37.1 Å². The summed E-state index contributed by atoms with van der Waals surface area (Å²) < 4.78 is 0. The van der Waals surface area contributed by atoms with Gasteiger partial charge in [-0.15, -0.1) is 0 Å². The molecule has 2 rings (SSSR count). The highest BCUT2D eigenvalue weighted by molar-refractivity contribution is 6.35. The van der Waals surface area contributed by atoms with Crippen LogP contribution in [0.3, 0.4) is 0 Å². The fraction of sp³-hybridized carbons (Fsp3) is 0.500. The van der Waals surface area contributed by atoms with Crippen molar-refractivity contribution in [2.45, 2.75) is 31.7 Å². The molecule has 1 aromatic rings. The van der Waals surface area contributed by atoms with Crippen LogP contribution in [0.5, 0.6) is 0 Å². The van der Waals surface area contributed by atoms with E-state index in [-0.39, 0.29) is 17.9 Å². The van der Waals surface area contributed by atoms with Gasteiger partial charge in [-0.2, -0.15) is 0 Å². The molecule has 4 nitrogen and oxygen atoms in total. The Hall–Kier alpha value is -1.26. The van der Waals surface area contributed by atoms with Crippen molar-refractivity contribution in [3.05, 3.63) is 33.8 Å². The molecule has 0 saturated carbocycles. The van der Waals surface area contributed by atoms with Gasteiger partial charge in [0.25, 0.3) is 0 Å². The smallest absolute Gasteiger partial charge is 0.244 e. The normalized spacial score (nSPS) is 17.6. The maximum absolute atomic E-state index is 12.4. The van der Waals surface area contributed by atoms with Gasteiger partial charge in [0.1, 0.15) is 6.04 Å². The Kier molecular flexibility index (Phi) is 5.70. The molecular weight excluding hydrogens is 323 g/mol. The Bertz CT molecular complexity index is 575. The topological polar surface area (TPSA) is 40.6 Å². The first-order chi connectivity index (χ1) is 10.4. The summed E-state index contributed by atoms with van der Waals surface area (Å²) in [5, 5.41) is 1.15. The number of rotatable bonds is 4. The summed E-state index contributed by atoms with van der Waals surface area (Å²) in [5.74, 6) is -0.000841. The Balaban J connectivity index is 1.98. The molecule has 6 heteroatoms. The molecule has 1 aliphatic rings. The number of nitrogens with zero attached hydrogens (tertiary/aromatic N) is 2. The van der Waals surface area contributed by atoms with Gasteiger partial charge in [-0.25, -0.2) is 0 Å². The van der Waals surface area contributed by atoms with Gasteiger partial charge >= 0.3 is 0 Å². The molecule has 1 aliphatic heterocycles. The van der Waals surface area contributed by atoms with E-state index in [1.807, 2.05) is 6.07 Å². The van der Waals surface area contributed by atoms with Crippen molar-refractivity contribution >= 4 is 35.0 Å². The summed E-state index contributed by atoms with van der Waals surface area (Å²) in [6, 6.07) is 4.96. The van der Waals surface area contributed by atoms with Crippen LogP contribution in [-0.4, -0.2) is 48.3 Å². The van der Waals surface area contributed by atoms with Crippen molar-refractivity contribution in [1.82, 2.24) is 9.80 Å². The second kappa shape index (κ2) is 7.34. The molecule has 1 fully saturated rings. The van der Waals surface area contributed by atoms with E-state index in [0.717, 1.165) is 18.4 Å². The van der Waals surface area contributed by atoms with Gasteiger partial charge in [-0.1, -0.05) is 29.3 Å². The van der Waals surface area contributed by atoms with E-state index in [4.69, 9.17) is 23.2 Å². The van der Waals surface area contributed by atoms with Crippen LogP contribution in [0, 0.1) is 0 Å². The van der Waals surface area contributed by atoms with Crippen molar-refractivity contribution in [2.24, 2.45) is 0 Å². The first-order valence-corrected chi connectivity index (χ1v) is 8.10. The van der Waals surface area contributed by atoms with Crippen LogP contribution in [0.4, 0.5) is 0 Å². The van der Waals surface area contributed by atoms with E-state index in [2.05, 4.69) is 0 Å². The third kappa shape index (κ3) is 3.93. The van der Waals surface area contributed by atoms with E-state index < -0.39 is 0 Å². The van der Waals surface area contributed by atoms with Gasteiger partial charge in [-0.3, -0.25) is 9.59 Å². The molecule has 0 radical (unpaired) electrons. The van der Waals surface area contributed by atoms with Gasteiger partial charge in [0.2, 0.25) is 11.8 Å². The Morgan fingerprint density at radius 2 is 2.05 bits per heavy atom. The van der Waals surface area contributed by atoms with Crippen LogP contribution < -0.4 is 0 Å². The van der Waals surface area contributed by atoms with Gasteiger partial charge in [0.05, 0.1) is 0 Å². The zero-order chi connectivity index (χ0) is 16.3. The molecule has 22 heavy (non-hydrogen) atoms. The summed E-state index contributed by atoms with van der Waals surface area (Å²) in [5.41, 5.74) is 0.897. The summed E-state index contributed by atoms with van der Waals surface area (Å²) in [4.78, 5) is 27.8. The summed E-state index contributed by atoms with van der Waals surface area (Å²) in [6.07, 6.45) is 2.51. The zero-order valence-electron chi connectivity index (χ0n) is 12.8. The van der Waals surface area contributed by atoms with Crippen molar-refractivity contribution in [1.29, 1.82) is 0 Å². The molecule has 0 aromatic heterocycles. The highest BCUT2D eigenvalue weighted by Crippen LogP contribution is 2.24. The lowest BCUT2D eigenvalue weighted by molar-refractivity contribution is -0.142. The monoisotopic (exact) mass is 342 g/mol. The lowest BCUT2D eigenvalue weighted by Crippen LogP contribution is -2.45. The molecule has 0 spiro atoms. The second-order valence-electron chi connectivity index (χ2n) is 5.71. The average molecular weight is 343 g/mol. The number of hydrogen-bond acceptors (Lipinski definition) is 2. The van der Waals surface area contributed by atoms with E-state index in [1.54, 1.807) is 36.0 Å². The predicted octanol–water partition coefficient (Wildman–Crippen LogP) is 3.01. The number of aryl methyl sites for hydroxylation is 1. The van der Waals surface area contributed by atoms with Crippen molar-refractivity contribution in [2.75, 3.05) is 20.6 Å². The van der Waals surface area contributed by atoms with E-state index in [1.165, 1.54) is 0 Å². The fourth-order valence-electron chi connectivity index (χ4n) is 2.73. The van der Waals surface area contributed by atoms with Crippen LogP contribution in [-0.2, 0) is 16.0 Å². The predicted molar refractivity (Wildman–Crippen MR) is 88.2 cm³/mol. The fourth-order valence-corrected chi connectivity index (χ4v) is 3.23. The van der Waals surface area contributed by atoms with Crippen LogP contribution in [0.15, 0.2) is 18.2 Å². The minimum absolute atomic E-state index is 0.00344. The molecule has 0 bridgehead atoms. The molecule has 1 atom stereocenters. The molecule has 1 heterocycles. The minimum atomic E-state index is -0.316. The van der Waals surface area contributed by atoms with E-state index in [9.17, 15) is 9.59 Å². The summed E-state index contributed by atoms with van der Waals surface area (Å²) in [7, 11) is 3.44. The second-order valence-corrected chi connectivity index (χ2v) is 6.56.